The zero-order valence-electron chi connectivity index (χ0n) is 13.3. The summed E-state index contributed by atoms with van der Waals surface area (Å²) in [6.45, 7) is 0. The first-order valence-corrected chi connectivity index (χ1v) is 8.78. The second-order valence-corrected chi connectivity index (χ2v) is 7.23. The van der Waals surface area contributed by atoms with Gasteiger partial charge >= 0.3 is 0 Å². The van der Waals surface area contributed by atoms with Gasteiger partial charge in [-0.05, 0) is 54.8 Å². The number of hydrogen-bond donors (Lipinski definition) is 0. The SMILES string of the molecule is Cn1c(-c2ccc(Cl)cc2)nnc1C1(c2ccc(Cl)cc2)CCC1. The van der Waals surface area contributed by atoms with E-state index in [9.17, 15) is 0 Å². The molecule has 0 unspecified atom stereocenters. The molecule has 5 heteroatoms. The molecule has 1 aliphatic rings. The lowest BCUT2D eigenvalue weighted by molar-refractivity contribution is 0.278. The summed E-state index contributed by atoms with van der Waals surface area (Å²) in [7, 11) is 2.04. The third-order valence-corrected chi connectivity index (χ3v) is 5.51. The molecular weight excluding hydrogens is 341 g/mol. The van der Waals surface area contributed by atoms with Crippen LogP contribution in [0.1, 0.15) is 30.7 Å². The van der Waals surface area contributed by atoms with Gasteiger partial charge in [0.1, 0.15) is 5.82 Å². The van der Waals surface area contributed by atoms with Crippen LogP contribution in [0.5, 0.6) is 0 Å². The molecule has 3 aromatic rings. The molecule has 2 aromatic carbocycles. The summed E-state index contributed by atoms with van der Waals surface area (Å²) in [4.78, 5) is 0. The fourth-order valence-corrected chi connectivity index (χ4v) is 3.79. The third-order valence-electron chi connectivity index (χ3n) is 5.01. The van der Waals surface area contributed by atoms with Crippen molar-refractivity contribution in [3.8, 4) is 11.4 Å². The maximum Gasteiger partial charge on any atom is 0.163 e. The Labute approximate surface area is 151 Å². The van der Waals surface area contributed by atoms with Gasteiger partial charge in [0.15, 0.2) is 5.82 Å². The van der Waals surface area contributed by atoms with Crippen molar-refractivity contribution in [1.82, 2.24) is 14.8 Å². The summed E-state index contributed by atoms with van der Waals surface area (Å²) in [5.41, 5.74) is 2.22. The van der Waals surface area contributed by atoms with Crippen molar-refractivity contribution < 1.29 is 0 Å². The van der Waals surface area contributed by atoms with Crippen LogP contribution >= 0.6 is 23.2 Å². The maximum atomic E-state index is 6.05. The molecule has 4 rings (SSSR count). The van der Waals surface area contributed by atoms with E-state index < -0.39 is 0 Å². The zero-order chi connectivity index (χ0) is 16.7. The number of rotatable bonds is 3. The van der Waals surface area contributed by atoms with Crippen LogP contribution in [0, 0.1) is 0 Å². The van der Waals surface area contributed by atoms with Gasteiger partial charge in [-0.15, -0.1) is 10.2 Å². The van der Waals surface area contributed by atoms with E-state index in [1.807, 2.05) is 43.4 Å². The Morgan fingerprint density at radius 2 is 1.46 bits per heavy atom. The lowest BCUT2D eigenvalue weighted by Crippen LogP contribution is -2.38. The summed E-state index contributed by atoms with van der Waals surface area (Å²) in [5, 5.41) is 10.5. The topological polar surface area (TPSA) is 30.7 Å². The van der Waals surface area contributed by atoms with Crippen LogP contribution < -0.4 is 0 Å². The van der Waals surface area contributed by atoms with Crippen LogP contribution in [0.25, 0.3) is 11.4 Å². The Morgan fingerprint density at radius 1 is 0.875 bits per heavy atom. The molecule has 24 heavy (non-hydrogen) atoms. The monoisotopic (exact) mass is 357 g/mol. The van der Waals surface area contributed by atoms with Crippen LogP contribution in [-0.2, 0) is 12.5 Å². The molecule has 3 nitrogen and oxygen atoms in total. The molecular formula is C19H17Cl2N3. The molecule has 0 bridgehead atoms. The number of nitrogens with zero attached hydrogens (tertiary/aromatic N) is 3. The van der Waals surface area contributed by atoms with Crippen LogP contribution in [0.3, 0.4) is 0 Å². The van der Waals surface area contributed by atoms with E-state index in [0.717, 1.165) is 40.1 Å². The summed E-state index contributed by atoms with van der Waals surface area (Å²) >= 11 is 12.0. The van der Waals surface area contributed by atoms with Crippen LogP contribution in [-0.4, -0.2) is 14.8 Å². The second kappa shape index (κ2) is 5.91. The molecule has 0 spiro atoms. The number of benzene rings is 2. The molecule has 0 radical (unpaired) electrons. The molecule has 1 aromatic heterocycles. The van der Waals surface area contributed by atoms with Gasteiger partial charge in [-0.1, -0.05) is 41.8 Å². The average Bonchev–Trinajstić information content (AvgIpc) is 2.91. The Hall–Kier alpha value is -1.84. The normalized spacial score (nSPS) is 16.0. The van der Waals surface area contributed by atoms with Crippen LogP contribution in [0.4, 0.5) is 0 Å². The highest BCUT2D eigenvalue weighted by molar-refractivity contribution is 6.30. The molecule has 0 saturated heterocycles. The molecule has 1 aliphatic carbocycles. The van der Waals surface area contributed by atoms with Gasteiger partial charge in [0.25, 0.3) is 0 Å². The van der Waals surface area contributed by atoms with Crippen molar-refractivity contribution in [2.24, 2.45) is 7.05 Å². The van der Waals surface area contributed by atoms with Crippen molar-refractivity contribution in [2.45, 2.75) is 24.7 Å². The highest BCUT2D eigenvalue weighted by Crippen LogP contribution is 2.48. The second-order valence-electron chi connectivity index (χ2n) is 6.36. The van der Waals surface area contributed by atoms with Crippen molar-refractivity contribution in [3.05, 3.63) is 70.0 Å². The van der Waals surface area contributed by atoms with Crippen molar-refractivity contribution in [3.63, 3.8) is 0 Å². The first-order chi connectivity index (χ1) is 11.6. The molecule has 122 valence electrons. The van der Waals surface area contributed by atoms with E-state index in [0.29, 0.717) is 0 Å². The highest BCUT2D eigenvalue weighted by atomic mass is 35.5. The van der Waals surface area contributed by atoms with E-state index >= 15 is 0 Å². The van der Waals surface area contributed by atoms with E-state index in [1.54, 1.807) is 0 Å². The first-order valence-electron chi connectivity index (χ1n) is 8.02. The van der Waals surface area contributed by atoms with Gasteiger partial charge in [0, 0.05) is 22.7 Å². The largest absolute Gasteiger partial charge is 0.313 e. The van der Waals surface area contributed by atoms with Crippen molar-refractivity contribution in [1.29, 1.82) is 0 Å². The molecule has 1 fully saturated rings. The van der Waals surface area contributed by atoms with E-state index in [1.165, 1.54) is 12.0 Å². The Bertz CT molecular complexity index is 863. The number of aromatic nitrogens is 3. The van der Waals surface area contributed by atoms with E-state index in [-0.39, 0.29) is 5.41 Å². The highest BCUT2D eigenvalue weighted by Gasteiger charge is 2.44. The lowest BCUT2D eigenvalue weighted by Gasteiger charge is -2.41. The predicted molar refractivity (Wildman–Crippen MR) is 97.5 cm³/mol. The van der Waals surface area contributed by atoms with Crippen molar-refractivity contribution in [2.75, 3.05) is 0 Å². The van der Waals surface area contributed by atoms with Gasteiger partial charge < -0.3 is 4.57 Å². The predicted octanol–water partition coefficient (Wildman–Crippen LogP) is 5.26. The lowest BCUT2D eigenvalue weighted by atomic mass is 9.64. The van der Waals surface area contributed by atoms with Gasteiger partial charge in [-0.25, -0.2) is 0 Å². The zero-order valence-corrected chi connectivity index (χ0v) is 14.8. The molecule has 0 amide bonds. The minimum Gasteiger partial charge on any atom is -0.313 e. The molecule has 1 saturated carbocycles. The summed E-state index contributed by atoms with van der Waals surface area (Å²) in [6, 6.07) is 15.8. The van der Waals surface area contributed by atoms with Gasteiger partial charge in [-0.3, -0.25) is 0 Å². The Balaban J connectivity index is 1.78. The smallest absolute Gasteiger partial charge is 0.163 e. The summed E-state index contributed by atoms with van der Waals surface area (Å²) in [5.74, 6) is 1.88. The average molecular weight is 358 g/mol. The van der Waals surface area contributed by atoms with Gasteiger partial charge in [0.05, 0.1) is 5.41 Å². The minimum atomic E-state index is -0.0585. The van der Waals surface area contributed by atoms with E-state index in [4.69, 9.17) is 23.2 Å². The number of hydrogen-bond acceptors (Lipinski definition) is 2. The Morgan fingerprint density at radius 3 is 2.00 bits per heavy atom. The standard InChI is InChI=1S/C19H17Cl2N3/c1-24-17(13-3-7-15(20)8-4-13)22-23-18(24)19(11-2-12-19)14-5-9-16(21)10-6-14/h3-10H,2,11-12H2,1H3. The third kappa shape index (κ3) is 2.43. The summed E-state index contributed by atoms with van der Waals surface area (Å²) < 4.78 is 2.11. The molecule has 0 N–H and O–H groups in total. The molecule has 1 heterocycles. The molecule has 0 aliphatic heterocycles. The fourth-order valence-electron chi connectivity index (χ4n) is 3.54. The minimum absolute atomic E-state index is 0.0585. The van der Waals surface area contributed by atoms with Gasteiger partial charge in [0.2, 0.25) is 0 Å². The number of halogens is 2. The van der Waals surface area contributed by atoms with Crippen LogP contribution in [0.2, 0.25) is 10.0 Å². The molecule has 0 atom stereocenters. The first kappa shape index (κ1) is 15.7. The van der Waals surface area contributed by atoms with E-state index in [2.05, 4.69) is 26.9 Å². The van der Waals surface area contributed by atoms with Crippen molar-refractivity contribution >= 4 is 23.2 Å². The van der Waals surface area contributed by atoms with Gasteiger partial charge in [-0.2, -0.15) is 0 Å². The quantitative estimate of drug-likeness (QED) is 0.639. The Kier molecular flexibility index (Phi) is 3.86. The maximum absolute atomic E-state index is 6.05. The van der Waals surface area contributed by atoms with Crippen LogP contribution in [0.15, 0.2) is 48.5 Å². The fraction of sp³-hybridized carbons (Fsp3) is 0.263. The summed E-state index contributed by atoms with van der Waals surface area (Å²) in [6.07, 6.45) is 3.37.